The molecule has 0 aromatic heterocycles. The number of nitrogens with one attached hydrogen (secondary N) is 1. The zero-order valence-corrected chi connectivity index (χ0v) is 12.4. The van der Waals surface area contributed by atoms with Gasteiger partial charge >= 0.3 is 6.09 Å². The summed E-state index contributed by atoms with van der Waals surface area (Å²) in [6, 6.07) is 5.91. The molecule has 112 valence electrons. The fourth-order valence-electron chi connectivity index (χ4n) is 2.44. The molecule has 2 amide bonds. The third-order valence-corrected chi connectivity index (χ3v) is 4.13. The van der Waals surface area contributed by atoms with Crippen LogP contribution in [-0.2, 0) is 9.53 Å². The van der Waals surface area contributed by atoms with Gasteiger partial charge < -0.3 is 10.1 Å². The number of carbonyl (C=O) groups is 2. The highest BCUT2D eigenvalue weighted by atomic mass is 16.6. The van der Waals surface area contributed by atoms with Crippen LogP contribution in [0.2, 0.25) is 0 Å². The van der Waals surface area contributed by atoms with E-state index in [1.807, 2.05) is 32.0 Å². The molecule has 1 atom stereocenters. The van der Waals surface area contributed by atoms with Crippen molar-refractivity contribution in [2.75, 3.05) is 18.0 Å². The second-order valence-corrected chi connectivity index (χ2v) is 5.90. The van der Waals surface area contributed by atoms with Crippen molar-refractivity contribution in [3.8, 4) is 0 Å². The molecular weight excluding hydrogens is 268 g/mol. The van der Waals surface area contributed by atoms with Crippen molar-refractivity contribution < 1.29 is 14.3 Å². The number of anilines is 1. The summed E-state index contributed by atoms with van der Waals surface area (Å²) < 4.78 is 5.32. The highest BCUT2D eigenvalue weighted by molar-refractivity contribution is 5.90. The smallest absolute Gasteiger partial charge is 0.414 e. The Morgan fingerprint density at radius 2 is 2.10 bits per heavy atom. The lowest BCUT2D eigenvalue weighted by atomic mass is 10.1. The number of amides is 2. The zero-order chi connectivity index (χ0) is 15.0. The van der Waals surface area contributed by atoms with Crippen LogP contribution in [0.4, 0.5) is 10.5 Å². The molecule has 1 saturated heterocycles. The minimum Gasteiger partial charge on any atom is -0.442 e. The Morgan fingerprint density at radius 1 is 1.33 bits per heavy atom. The van der Waals surface area contributed by atoms with Crippen molar-refractivity contribution in [3.05, 3.63) is 29.3 Å². The van der Waals surface area contributed by atoms with Crippen LogP contribution in [0, 0.1) is 19.8 Å². The normalized spacial score (nSPS) is 21.3. The summed E-state index contributed by atoms with van der Waals surface area (Å²) in [6.07, 6.45) is 1.33. The van der Waals surface area contributed by atoms with Crippen LogP contribution < -0.4 is 10.2 Å². The average Bonchev–Trinajstić information content (AvgIpc) is 3.23. The molecule has 1 N–H and O–H groups in total. The Bertz CT molecular complexity index is 581. The quantitative estimate of drug-likeness (QED) is 0.923. The molecule has 1 aromatic carbocycles. The lowest BCUT2D eigenvalue weighted by molar-refractivity contribution is -0.122. The molecule has 3 rings (SSSR count). The van der Waals surface area contributed by atoms with Crippen molar-refractivity contribution in [3.63, 3.8) is 0 Å². The van der Waals surface area contributed by atoms with Crippen LogP contribution in [0.1, 0.15) is 24.0 Å². The molecule has 1 unspecified atom stereocenters. The van der Waals surface area contributed by atoms with E-state index in [0.29, 0.717) is 13.1 Å². The van der Waals surface area contributed by atoms with Crippen molar-refractivity contribution in [1.29, 1.82) is 0 Å². The zero-order valence-electron chi connectivity index (χ0n) is 12.4. The third-order valence-electron chi connectivity index (χ3n) is 4.13. The molecule has 0 bridgehead atoms. The van der Waals surface area contributed by atoms with Crippen LogP contribution in [-0.4, -0.2) is 31.2 Å². The van der Waals surface area contributed by atoms with Gasteiger partial charge in [0.2, 0.25) is 5.91 Å². The van der Waals surface area contributed by atoms with Gasteiger partial charge in [-0.05, 0) is 49.9 Å². The predicted octanol–water partition coefficient (Wildman–Crippen LogP) is 2.15. The highest BCUT2D eigenvalue weighted by Crippen LogP contribution is 2.29. The van der Waals surface area contributed by atoms with E-state index in [2.05, 4.69) is 5.32 Å². The van der Waals surface area contributed by atoms with Gasteiger partial charge in [-0.3, -0.25) is 9.69 Å². The SMILES string of the molecule is Cc1ccc(N2CC(CNC(=O)C3CC3)OC2=O)cc1C. The number of hydrogen-bond acceptors (Lipinski definition) is 3. The predicted molar refractivity (Wildman–Crippen MR) is 79.3 cm³/mol. The molecular formula is C16H20N2O3. The summed E-state index contributed by atoms with van der Waals surface area (Å²) in [4.78, 5) is 25.2. The van der Waals surface area contributed by atoms with Crippen LogP contribution in [0.3, 0.4) is 0 Å². The van der Waals surface area contributed by atoms with E-state index in [0.717, 1.165) is 24.1 Å². The van der Waals surface area contributed by atoms with Crippen molar-refractivity contribution in [1.82, 2.24) is 5.32 Å². The van der Waals surface area contributed by atoms with Gasteiger partial charge in [0, 0.05) is 11.6 Å². The van der Waals surface area contributed by atoms with Crippen LogP contribution in [0.25, 0.3) is 0 Å². The molecule has 5 nitrogen and oxygen atoms in total. The van der Waals surface area contributed by atoms with Crippen molar-refractivity contribution in [2.24, 2.45) is 5.92 Å². The first-order valence-corrected chi connectivity index (χ1v) is 7.37. The van der Waals surface area contributed by atoms with Crippen LogP contribution in [0.15, 0.2) is 18.2 Å². The second kappa shape index (κ2) is 5.39. The molecule has 0 spiro atoms. The molecule has 2 fully saturated rings. The monoisotopic (exact) mass is 288 g/mol. The second-order valence-electron chi connectivity index (χ2n) is 5.90. The summed E-state index contributed by atoms with van der Waals surface area (Å²) in [5.74, 6) is 0.258. The van der Waals surface area contributed by atoms with E-state index in [-0.39, 0.29) is 24.0 Å². The lowest BCUT2D eigenvalue weighted by Crippen LogP contribution is -2.35. The Morgan fingerprint density at radius 3 is 2.76 bits per heavy atom. The van der Waals surface area contributed by atoms with Gasteiger partial charge in [0.25, 0.3) is 0 Å². The minimum atomic E-state index is -0.344. The van der Waals surface area contributed by atoms with Gasteiger partial charge in [0.15, 0.2) is 0 Å². The summed E-state index contributed by atoms with van der Waals surface area (Å²) >= 11 is 0. The Hall–Kier alpha value is -2.04. The topological polar surface area (TPSA) is 58.6 Å². The average molecular weight is 288 g/mol. The first-order chi connectivity index (χ1) is 10.0. The number of hydrogen-bond donors (Lipinski definition) is 1. The lowest BCUT2D eigenvalue weighted by Gasteiger charge is -2.14. The van der Waals surface area contributed by atoms with Gasteiger partial charge in [-0.15, -0.1) is 0 Å². The van der Waals surface area contributed by atoms with E-state index in [1.165, 1.54) is 5.56 Å². The fourth-order valence-corrected chi connectivity index (χ4v) is 2.44. The van der Waals surface area contributed by atoms with Crippen LogP contribution in [0.5, 0.6) is 0 Å². The summed E-state index contributed by atoms with van der Waals surface area (Å²) in [5.41, 5.74) is 3.18. The number of rotatable bonds is 4. The number of aryl methyl sites for hydroxylation is 2. The molecule has 1 aliphatic carbocycles. The van der Waals surface area contributed by atoms with E-state index in [4.69, 9.17) is 4.74 Å². The molecule has 2 aliphatic rings. The minimum absolute atomic E-state index is 0.0793. The number of benzene rings is 1. The number of cyclic esters (lactones) is 1. The van der Waals surface area contributed by atoms with Gasteiger partial charge in [0.05, 0.1) is 13.1 Å². The molecule has 1 saturated carbocycles. The maximum absolute atomic E-state index is 12.0. The first-order valence-electron chi connectivity index (χ1n) is 7.37. The Kier molecular flexibility index (Phi) is 3.57. The van der Waals surface area contributed by atoms with Gasteiger partial charge in [-0.25, -0.2) is 4.79 Å². The van der Waals surface area contributed by atoms with Gasteiger partial charge in [0.1, 0.15) is 6.10 Å². The summed E-state index contributed by atoms with van der Waals surface area (Å²) in [6.45, 7) is 4.93. The molecule has 1 heterocycles. The van der Waals surface area contributed by atoms with E-state index >= 15 is 0 Å². The Balaban J connectivity index is 1.61. The summed E-state index contributed by atoms with van der Waals surface area (Å²) in [5, 5.41) is 2.86. The molecule has 1 aliphatic heterocycles. The third kappa shape index (κ3) is 3.01. The Labute approximate surface area is 124 Å². The molecule has 21 heavy (non-hydrogen) atoms. The van der Waals surface area contributed by atoms with Crippen molar-refractivity contribution >= 4 is 17.7 Å². The number of ether oxygens (including phenoxy) is 1. The fraction of sp³-hybridized carbons (Fsp3) is 0.500. The number of nitrogens with zero attached hydrogens (tertiary/aromatic N) is 1. The van der Waals surface area contributed by atoms with Crippen molar-refractivity contribution in [2.45, 2.75) is 32.8 Å². The maximum atomic E-state index is 12.0. The number of carbonyl (C=O) groups excluding carboxylic acids is 2. The van der Waals surface area contributed by atoms with E-state index in [9.17, 15) is 9.59 Å². The molecule has 1 aromatic rings. The van der Waals surface area contributed by atoms with E-state index < -0.39 is 0 Å². The molecule has 0 radical (unpaired) electrons. The van der Waals surface area contributed by atoms with Gasteiger partial charge in [-0.2, -0.15) is 0 Å². The maximum Gasteiger partial charge on any atom is 0.414 e. The summed E-state index contributed by atoms with van der Waals surface area (Å²) in [7, 11) is 0. The standard InChI is InChI=1S/C16H20N2O3/c1-10-3-6-13(7-11(10)2)18-9-14(21-16(18)20)8-17-15(19)12-4-5-12/h3,6-7,12,14H,4-5,8-9H2,1-2H3,(H,17,19). The van der Waals surface area contributed by atoms with Crippen LogP contribution >= 0.6 is 0 Å². The highest BCUT2D eigenvalue weighted by Gasteiger charge is 2.34. The van der Waals surface area contributed by atoms with E-state index in [1.54, 1.807) is 4.90 Å². The first kappa shape index (κ1) is 13.9. The largest absolute Gasteiger partial charge is 0.442 e. The van der Waals surface area contributed by atoms with Gasteiger partial charge in [-0.1, -0.05) is 6.07 Å². The molecule has 5 heteroatoms.